The predicted molar refractivity (Wildman–Crippen MR) is 88.0 cm³/mol. The monoisotopic (exact) mass is 309 g/mol. The number of nitrogens with zero attached hydrogens (tertiary/aromatic N) is 1. The number of para-hydroxylation sites is 2. The number of benzene rings is 2. The molecule has 0 bridgehead atoms. The van der Waals surface area contributed by atoms with E-state index in [2.05, 4.69) is 10.3 Å². The van der Waals surface area contributed by atoms with Gasteiger partial charge in [0, 0.05) is 0 Å². The summed E-state index contributed by atoms with van der Waals surface area (Å²) in [6.07, 6.45) is 0. The molecule has 0 radical (unpaired) electrons. The Kier molecular flexibility index (Phi) is 3.91. The number of fused-ring (bicyclic) bond motifs is 1. The van der Waals surface area contributed by atoms with Crippen LogP contribution in [0, 0.1) is 0 Å². The summed E-state index contributed by atoms with van der Waals surface area (Å²) in [5.74, 6) is -0.185. The number of hydrogen-bond acceptors (Lipinski definition) is 5. The van der Waals surface area contributed by atoms with Gasteiger partial charge in [-0.05, 0) is 31.2 Å². The summed E-state index contributed by atoms with van der Waals surface area (Å²) in [5.41, 5.74) is 6.64. The number of carbonyl (C=O) groups is 1. The molecule has 6 nitrogen and oxygen atoms in total. The fourth-order valence-corrected chi connectivity index (χ4v) is 2.16. The molecule has 0 saturated carbocycles. The van der Waals surface area contributed by atoms with Gasteiger partial charge in [-0.1, -0.05) is 24.3 Å². The van der Waals surface area contributed by atoms with E-state index >= 15 is 0 Å². The van der Waals surface area contributed by atoms with Gasteiger partial charge in [0.25, 0.3) is 0 Å². The second-order valence-electron chi connectivity index (χ2n) is 5.15. The Morgan fingerprint density at radius 3 is 2.65 bits per heavy atom. The molecule has 1 unspecified atom stereocenters. The van der Waals surface area contributed by atoms with E-state index < -0.39 is 11.7 Å². The number of rotatable bonds is 3. The highest BCUT2D eigenvalue weighted by molar-refractivity contribution is 5.97. The second-order valence-corrected chi connectivity index (χ2v) is 5.15. The third kappa shape index (κ3) is 2.97. The lowest BCUT2D eigenvalue weighted by Gasteiger charge is -2.11. The molecule has 0 spiro atoms. The third-order valence-electron chi connectivity index (χ3n) is 3.36. The van der Waals surface area contributed by atoms with Gasteiger partial charge in [-0.2, -0.15) is 0 Å². The van der Waals surface area contributed by atoms with Crippen LogP contribution < -0.4 is 16.7 Å². The van der Waals surface area contributed by atoms with Crippen LogP contribution in [0.5, 0.6) is 0 Å². The lowest BCUT2D eigenvalue weighted by molar-refractivity contribution is -0.117. The molecule has 0 fully saturated rings. The van der Waals surface area contributed by atoms with Crippen LogP contribution >= 0.6 is 0 Å². The summed E-state index contributed by atoms with van der Waals surface area (Å²) >= 11 is 0. The van der Waals surface area contributed by atoms with Crippen molar-refractivity contribution in [2.24, 2.45) is 5.73 Å². The molecule has 0 aliphatic rings. The Balaban J connectivity index is 2.12. The zero-order chi connectivity index (χ0) is 16.4. The average molecular weight is 309 g/mol. The highest BCUT2D eigenvalue weighted by Gasteiger charge is 2.15. The number of amides is 1. The molecule has 0 aliphatic carbocycles. The molecule has 0 saturated heterocycles. The Hall–Kier alpha value is -2.99. The van der Waals surface area contributed by atoms with Gasteiger partial charge in [-0.15, -0.1) is 0 Å². The van der Waals surface area contributed by atoms with Gasteiger partial charge in [0.15, 0.2) is 0 Å². The van der Waals surface area contributed by atoms with Crippen molar-refractivity contribution >= 4 is 22.5 Å². The van der Waals surface area contributed by atoms with Crippen molar-refractivity contribution in [1.29, 1.82) is 0 Å². The van der Waals surface area contributed by atoms with Crippen LogP contribution in [0.15, 0.2) is 57.7 Å². The van der Waals surface area contributed by atoms with E-state index in [0.29, 0.717) is 22.2 Å². The minimum atomic E-state index is -0.653. The first-order valence-electron chi connectivity index (χ1n) is 7.12. The van der Waals surface area contributed by atoms with Gasteiger partial charge in [0.05, 0.1) is 28.2 Å². The van der Waals surface area contributed by atoms with Gasteiger partial charge in [0.1, 0.15) is 0 Å². The second kappa shape index (κ2) is 6.02. The van der Waals surface area contributed by atoms with Crippen molar-refractivity contribution in [2.45, 2.75) is 13.0 Å². The molecule has 3 rings (SSSR count). The van der Waals surface area contributed by atoms with E-state index in [4.69, 9.17) is 10.2 Å². The van der Waals surface area contributed by atoms with Crippen molar-refractivity contribution < 1.29 is 9.21 Å². The van der Waals surface area contributed by atoms with E-state index in [0.717, 1.165) is 0 Å². The van der Waals surface area contributed by atoms with E-state index in [1.807, 2.05) is 0 Å². The van der Waals surface area contributed by atoms with E-state index in [9.17, 15) is 9.59 Å². The summed E-state index contributed by atoms with van der Waals surface area (Å²) in [4.78, 5) is 28.3. The Morgan fingerprint density at radius 2 is 1.87 bits per heavy atom. The van der Waals surface area contributed by atoms with Gasteiger partial charge in [-0.3, -0.25) is 4.79 Å². The van der Waals surface area contributed by atoms with Crippen LogP contribution in [0.2, 0.25) is 0 Å². The highest BCUT2D eigenvalue weighted by atomic mass is 16.4. The van der Waals surface area contributed by atoms with Gasteiger partial charge >= 0.3 is 5.63 Å². The molecule has 1 amide bonds. The summed E-state index contributed by atoms with van der Waals surface area (Å²) in [5, 5.41) is 3.12. The van der Waals surface area contributed by atoms with Crippen molar-refractivity contribution in [3.05, 3.63) is 59.0 Å². The van der Waals surface area contributed by atoms with Crippen molar-refractivity contribution in [2.75, 3.05) is 5.32 Å². The number of nitrogens with one attached hydrogen (secondary N) is 1. The minimum absolute atomic E-state index is 0.147. The molecular weight excluding hydrogens is 294 g/mol. The van der Waals surface area contributed by atoms with Crippen LogP contribution in [-0.2, 0) is 4.79 Å². The van der Waals surface area contributed by atoms with Crippen LogP contribution in [-0.4, -0.2) is 16.9 Å². The average Bonchev–Trinajstić information content (AvgIpc) is 2.55. The SMILES string of the molecule is CC(N)C(=O)Nc1ccccc1-c1nc2ccccc2c(=O)o1. The largest absolute Gasteiger partial charge is 0.403 e. The molecule has 1 atom stereocenters. The Bertz CT molecular complexity index is 932. The molecule has 1 heterocycles. The maximum absolute atomic E-state index is 12.1. The van der Waals surface area contributed by atoms with E-state index in [1.165, 1.54) is 0 Å². The lowest BCUT2D eigenvalue weighted by Crippen LogP contribution is -2.32. The number of carbonyl (C=O) groups excluding carboxylic acids is 1. The topological polar surface area (TPSA) is 98.2 Å². The molecule has 6 heteroatoms. The van der Waals surface area contributed by atoms with Gasteiger partial charge < -0.3 is 15.5 Å². The highest BCUT2D eigenvalue weighted by Crippen LogP contribution is 2.26. The number of nitrogens with two attached hydrogens (primary N) is 1. The molecule has 2 aromatic carbocycles. The van der Waals surface area contributed by atoms with Gasteiger partial charge in [0.2, 0.25) is 11.8 Å². The molecular formula is C17H15N3O3. The Morgan fingerprint density at radius 1 is 1.17 bits per heavy atom. The molecule has 3 aromatic rings. The van der Waals surface area contributed by atoms with Crippen molar-refractivity contribution in [3.8, 4) is 11.5 Å². The van der Waals surface area contributed by atoms with Gasteiger partial charge in [-0.25, -0.2) is 9.78 Å². The summed E-state index contributed by atoms with van der Waals surface area (Å²) < 4.78 is 5.31. The smallest absolute Gasteiger partial charge is 0.347 e. The lowest BCUT2D eigenvalue weighted by atomic mass is 10.1. The number of anilines is 1. The summed E-state index contributed by atoms with van der Waals surface area (Å²) in [6.45, 7) is 1.59. The fraction of sp³-hybridized carbons (Fsp3) is 0.118. The van der Waals surface area contributed by atoms with E-state index in [1.54, 1.807) is 55.5 Å². The summed E-state index contributed by atoms with van der Waals surface area (Å²) in [6, 6.07) is 13.2. The number of hydrogen-bond donors (Lipinski definition) is 2. The maximum Gasteiger partial charge on any atom is 0.347 e. The molecule has 116 valence electrons. The first-order chi connectivity index (χ1) is 11.1. The number of aromatic nitrogens is 1. The first-order valence-corrected chi connectivity index (χ1v) is 7.12. The minimum Gasteiger partial charge on any atom is -0.403 e. The van der Waals surface area contributed by atoms with Crippen LogP contribution in [0.25, 0.3) is 22.4 Å². The zero-order valence-corrected chi connectivity index (χ0v) is 12.4. The first kappa shape index (κ1) is 14.9. The standard InChI is InChI=1S/C17H15N3O3/c1-10(18)15(21)19-13-8-4-2-6-11(13)16-20-14-9-5-3-7-12(14)17(22)23-16/h2-10H,18H2,1H3,(H,19,21). The predicted octanol–water partition coefficient (Wildman–Crippen LogP) is 2.14. The molecule has 23 heavy (non-hydrogen) atoms. The van der Waals surface area contributed by atoms with Crippen molar-refractivity contribution in [3.63, 3.8) is 0 Å². The normalized spacial score (nSPS) is 12.1. The molecule has 3 N–H and O–H groups in total. The molecule has 0 aliphatic heterocycles. The fourth-order valence-electron chi connectivity index (χ4n) is 2.16. The van der Waals surface area contributed by atoms with E-state index in [-0.39, 0.29) is 11.8 Å². The quantitative estimate of drug-likeness (QED) is 0.772. The third-order valence-corrected chi connectivity index (χ3v) is 3.36. The van der Waals surface area contributed by atoms with Crippen molar-refractivity contribution in [1.82, 2.24) is 4.98 Å². The molecule has 1 aromatic heterocycles. The van der Waals surface area contributed by atoms with Crippen LogP contribution in [0.3, 0.4) is 0 Å². The zero-order valence-electron chi connectivity index (χ0n) is 12.4. The van der Waals surface area contributed by atoms with Crippen LogP contribution in [0.1, 0.15) is 6.92 Å². The van der Waals surface area contributed by atoms with Crippen LogP contribution in [0.4, 0.5) is 5.69 Å². The summed E-state index contributed by atoms with van der Waals surface area (Å²) in [7, 11) is 0. The maximum atomic E-state index is 12.1. The Labute approximate surface area is 132 Å².